The van der Waals surface area contributed by atoms with Crippen LogP contribution in [0.4, 0.5) is 11.4 Å². The molecule has 1 amide bonds. The van der Waals surface area contributed by atoms with Crippen molar-refractivity contribution in [3.63, 3.8) is 0 Å². The Hall–Kier alpha value is -1.23. The van der Waals surface area contributed by atoms with Gasteiger partial charge in [-0.3, -0.25) is 4.79 Å². The van der Waals surface area contributed by atoms with Gasteiger partial charge in [0, 0.05) is 49.6 Å². The van der Waals surface area contributed by atoms with E-state index in [2.05, 4.69) is 120 Å². The molecule has 7 heteroatoms. The van der Waals surface area contributed by atoms with Crippen molar-refractivity contribution < 1.29 is 14.3 Å². The number of hydrogen-bond acceptors (Lipinski definition) is 4. The van der Waals surface area contributed by atoms with Gasteiger partial charge in [0.15, 0.2) is 0 Å². The van der Waals surface area contributed by atoms with Crippen LogP contribution in [-0.2, 0) is 30.5 Å². The highest BCUT2D eigenvalue weighted by atomic mass is 127. The molecule has 0 bridgehead atoms. The molecule has 0 aliphatic carbocycles. The average Bonchev–Trinajstić information content (AvgIpc) is 3.60. The first-order valence-electron chi connectivity index (χ1n) is 14.3. The standard InChI is InChI=1S/C17H22INO2.C16H22INO/c1-10-11(2)15-13(7-17(5,8-18)21-15)12-6-16(3,4)19(9-20)14(10)12;1-9-10(2)14-12(7-16(5,8-17)19-14)11-6-15(3,4)18-13(9)11/h9H,6-8H2,1-5H3;18H,6-8H2,1-5H3. The molecule has 0 saturated carbocycles. The van der Waals surface area contributed by atoms with Gasteiger partial charge >= 0.3 is 0 Å². The van der Waals surface area contributed by atoms with Crippen molar-refractivity contribution in [2.75, 3.05) is 19.1 Å². The lowest BCUT2D eigenvalue weighted by atomic mass is 9.90. The summed E-state index contributed by atoms with van der Waals surface area (Å²) < 4.78 is 14.6. The Bertz CT molecular complexity index is 1420. The first-order valence-corrected chi connectivity index (χ1v) is 17.4. The number of ether oxygens (including phenoxy) is 2. The maximum absolute atomic E-state index is 11.6. The van der Waals surface area contributed by atoms with Crippen LogP contribution in [0.3, 0.4) is 0 Å². The van der Waals surface area contributed by atoms with Crippen molar-refractivity contribution in [1.29, 1.82) is 0 Å². The van der Waals surface area contributed by atoms with Gasteiger partial charge in [-0.2, -0.15) is 0 Å². The molecule has 218 valence electrons. The maximum Gasteiger partial charge on any atom is 0.214 e. The Labute approximate surface area is 267 Å². The summed E-state index contributed by atoms with van der Waals surface area (Å²) in [4.78, 5) is 13.5. The minimum atomic E-state index is -0.153. The average molecular weight is 771 g/mol. The molecule has 0 aromatic heterocycles. The van der Waals surface area contributed by atoms with Crippen LogP contribution in [0.5, 0.6) is 11.5 Å². The number of nitrogens with one attached hydrogen (secondary N) is 1. The second-order valence-corrected chi connectivity index (χ2v) is 15.7. The van der Waals surface area contributed by atoms with Gasteiger partial charge in [0.25, 0.3) is 0 Å². The molecule has 4 aliphatic heterocycles. The smallest absolute Gasteiger partial charge is 0.214 e. The fourth-order valence-corrected chi connectivity index (χ4v) is 7.86. The number of nitrogens with zero attached hydrogens (tertiary/aromatic N) is 1. The van der Waals surface area contributed by atoms with E-state index >= 15 is 0 Å². The van der Waals surface area contributed by atoms with Crippen LogP contribution in [0, 0.1) is 27.7 Å². The highest BCUT2D eigenvalue weighted by molar-refractivity contribution is 14.1. The number of hydrogen-bond donors (Lipinski definition) is 1. The summed E-state index contributed by atoms with van der Waals surface area (Å²) >= 11 is 4.84. The molecule has 0 fully saturated rings. The number of anilines is 2. The van der Waals surface area contributed by atoms with Gasteiger partial charge in [0.1, 0.15) is 22.7 Å². The summed E-state index contributed by atoms with van der Waals surface area (Å²) in [6, 6.07) is 0. The monoisotopic (exact) mass is 770 g/mol. The van der Waals surface area contributed by atoms with Crippen molar-refractivity contribution in [1.82, 2.24) is 0 Å². The van der Waals surface area contributed by atoms with Crippen LogP contribution >= 0.6 is 45.2 Å². The lowest BCUT2D eigenvalue weighted by Crippen LogP contribution is -2.40. The molecule has 2 unspecified atom stereocenters. The molecule has 40 heavy (non-hydrogen) atoms. The van der Waals surface area contributed by atoms with Crippen molar-refractivity contribution in [2.45, 2.75) is 117 Å². The van der Waals surface area contributed by atoms with Crippen molar-refractivity contribution in [2.24, 2.45) is 0 Å². The Balaban J connectivity index is 0.000000162. The summed E-state index contributed by atoms with van der Waals surface area (Å²) in [6.45, 7) is 21.9. The fraction of sp³-hybridized carbons (Fsp3) is 0.606. The van der Waals surface area contributed by atoms with Gasteiger partial charge in [-0.1, -0.05) is 45.2 Å². The summed E-state index contributed by atoms with van der Waals surface area (Å²) in [6.07, 6.45) is 4.99. The molecule has 0 radical (unpaired) electrons. The number of benzene rings is 2. The molecule has 4 heterocycles. The summed E-state index contributed by atoms with van der Waals surface area (Å²) in [7, 11) is 0. The highest BCUT2D eigenvalue weighted by Crippen LogP contribution is 2.52. The molecule has 2 atom stereocenters. The summed E-state index contributed by atoms with van der Waals surface area (Å²) in [5.41, 5.74) is 13.0. The Morgan fingerprint density at radius 1 is 0.725 bits per heavy atom. The van der Waals surface area contributed by atoms with Crippen LogP contribution in [0.25, 0.3) is 0 Å². The lowest BCUT2D eigenvalue weighted by molar-refractivity contribution is -0.108. The normalized spacial score (nSPS) is 26.1. The second kappa shape index (κ2) is 9.91. The number of carbonyl (C=O) groups excluding carboxylic acids is 1. The van der Waals surface area contributed by atoms with E-state index in [0.29, 0.717) is 0 Å². The Kier molecular flexibility index (Phi) is 7.49. The number of alkyl halides is 2. The predicted octanol–water partition coefficient (Wildman–Crippen LogP) is 7.91. The zero-order chi connectivity index (χ0) is 29.6. The van der Waals surface area contributed by atoms with Gasteiger partial charge in [-0.15, -0.1) is 0 Å². The first-order chi connectivity index (χ1) is 18.5. The molecule has 4 aliphatic rings. The van der Waals surface area contributed by atoms with E-state index in [9.17, 15) is 4.79 Å². The molecule has 0 spiro atoms. The number of fused-ring (bicyclic) bond motifs is 6. The zero-order valence-corrected chi connectivity index (χ0v) is 30.1. The number of halogens is 2. The van der Waals surface area contributed by atoms with E-state index in [0.717, 1.165) is 58.1 Å². The maximum atomic E-state index is 11.6. The van der Waals surface area contributed by atoms with Crippen LogP contribution in [0.15, 0.2) is 0 Å². The number of carbonyl (C=O) groups is 1. The van der Waals surface area contributed by atoms with E-state index in [4.69, 9.17) is 9.47 Å². The number of rotatable bonds is 3. The van der Waals surface area contributed by atoms with E-state index in [1.807, 2.05) is 4.90 Å². The summed E-state index contributed by atoms with van der Waals surface area (Å²) in [5.74, 6) is 2.23. The largest absolute Gasteiger partial charge is 0.486 e. The van der Waals surface area contributed by atoms with Gasteiger partial charge in [-0.25, -0.2) is 0 Å². The third kappa shape index (κ3) is 4.73. The molecule has 6 rings (SSSR count). The summed E-state index contributed by atoms with van der Waals surface area (Å²) in [5, 5.41) is 3.70. The van der Waals surface area contributed by atoms with E-state index < -0.39 is 0 Å². The molecular formula is C33H44I2N2O3. The van der Waals surface area contributed by atoms with Gasteiger partial charge in [0.2, 0.25) is 6.41 Å². The molecule has 1 N–H and O–H groups in total. The molecule has 0 saturated heterocycles. The third-order valence-corrected chi connectivity index (χ3v) is 12.7. The van der Waals surface area contributed by atoms with Crippen molar-refractivity contribution in [3.8, 4) is 11.5 Å². The highest BCUT2D eigenvalue weighted by Gasteiger charge is 2.45. The van der Waals surface area contributed by atoms with E-state index in [-0.39, 0.29) is 22.3 Å². The SMILES string of the molecule is Cc1c(C)c2c(c3c1NC(C)(C)C3)CC(C)(CI)O2.Cc1c(C)c2c(c3c1OC(C)(CI)C3)CC(C)(C)N2C=O. The third-order valence-electron chi connectivity index (χ3n) is 9.45. The fourth-order valence-electron chi connectivity index (χ4n) is 7.01. The van der Waals surface area contributed by atoms with Crippen molar-refractivity contribution >= 4 is 63.0 Å². The van der Waals surface area contributed by atoms with Crippen molar-refractivity contribution in [3.05, 3.63) is 44.5 Å². The van der Waals surface area contributed by atoms with Gasteiger partial charge in [-0.05, 0) is 115 Å². The Morgan fingerprint density at radius 2 is 1.23 bits per heavy atom. The van der Waals surface area contributed by atoms with Gasteiger partial charge in [0.05, 0.1) is 5.69 Å². The number of amides is 1. The second-order valence-electron chi connectivity index (χ2n) is 14.2. The Morgan fingerprint density at radius 3 is 1.73 bits per heavy atom. The molecular weight excluding hydrogens is 726 g/mol. The topological polar surface area (TPSA) is 50.8 Å². The van der Waals surface area contributed by atoms with Gasteiger partial charge < -0.3 is 19.7 Å². The minimum Gasteiger partial charge on any atom is -0.486 e. The zero-order valence-electron chi connectivity index (χ0n) is 25.7. The predicted molar refractivity (Wildman–Crippen MR) is 183 cm³/mol. The molecule has 2 aromatic carbocycles. The van der Waals surface area contributed by atoms with Crippen LogP contribution in [-0.4, -0.2) is 37.5 Å². The van der Waals surface area contributed by atoms with Crippen LogP contribution in [0.1, 0.15) is 86.1 Å². The molecule has 5 nitrogen and oxygen atoms in total. The van der Waals surface area contributed by atoms with E-state index in [1.165, 1.54) is 50.2 Å². The van der Waals surface area contributed by atoms with Crippen LogP contribution in [0.2, 0.25) is 0 Å². The molecule has 2 aromatic rings. The van der Waals surface area contributed by atoms with E-state index in [1.54, 1.807) is 0 Å². The minimum absolute atomic E-state index is 0.0258. The first kappa shape index (κ1) is 30.2. The quantitative estimate of drug-likeness (QED) is 0.196. The van der Waals surface area contributed by atoms with Crippen LogP contribution < -0.4 is 19.7 Å². The lowest BCUT2D eigenvalue weighted by Gasteiger charge is -2.29.